The van der Waals surface area contributed by atoms with E-state index in [1.165, 1.54) is 5.56 Å². The van der Waals surface area contributed by atoms with Gasteiger partial charge < -0.3 is 10.1 Å². The Morgan fingerprint density at radius 3 is 2.42 bits per heavy atom. The fraction of sp³-hybridized carbons (Fsp3) is 0.381. The first-order valence-corrected chi connectivity index (χ1v) is 9.85. The molecule has 0 saturated heterocycles. The maximum Gasteiger partial charge on any atom is 0.223 e. The molecule has 0 fully saturated rings. The number of carbonyl (C=O) groups is 1. The lowest BCUT2D eigenvalue weighted by Gasteiger charge is -2.18. The van der Waals surface area contributed by atoms with Gasteiger partial charge in [0.15, 0.2) is 0 Å². The molecule has 0 aliphatic heterocycles. The van der Waals surface area contributed by atoms with Crippen LogP contribution in [0.5, 0.6) is 5.75 Å². The Morgan fingerprint density at radius 2 is 1.77 bits per heavy atom. The normalized spacial score (nSPS) is 10.8. The fourth-order valence-corrected chi connectivity index (χ4v) is 2.95. The molecule has 0 aliphatic carbocycles. The van der Waals surface area contributed by atoms with E-state index in [4.69, 9.17) is 4.74 Å². The number of nitrogens with zero attached hydrogens (tertiary/aromatic N) is 1. The summed E-state index contributed by atoms with van der Waals surface area (Å²) in [6.45, 7) is 8.33. The minimum atomic E-state index is -0.00721. The van der Waals surface area contributed by atoms with Crippen LogP contribution >= 0.6 is 15.9 Å². The van der Waals surface area contributed by atoms with Crippen LogP contribution in [0.3, 0.4) is 0 Å². The van der Waals surface area contributed by atoms with E-state index in [9.17, 15) is 4.79 Å². The van der Waals surface area contributed by atoms with Gasteiger partial charge in [0, 0.05) is 17.6 Å². The summed E-state index contributed by atoms with van der Waals surface area (Å²) in [6.07, 6.45) is 0.340. The molecule has 2 aromatic rings. The summed E-state index contributed by atoms with van der Waals surface area (Å²) in [5.41, 5.74) is 2.40. The molecule has 4 nitrogen and oxygen atoms in total. The summed E-state index contributed by atoms with van der Waals surface area (Å²) in [5, 5.41) is 2.94. The van der Waals surface area contributed by atoms with Crippen molar-refractivity contribution in [2.24, 2.45) is 0 Å². The molecule has 1 amide bonds. The maximum absolute atomic E-state index is 12.0. The molecule has 0 saturated carbocycles. The minimum Gasteiger partial charge on any atom is -0.493 e. The van der Waals surface area contributed by atoms with E-state index >= 15 is 0 Å². The Balaban J connectivity index is 1.70. The third kappa shape index (κ3) is 7.18. The quantitative estimate of drug-likeness (QED) is 0.622. The Morgan fingerprint density at radius 1 is 1.08 bits per heavy atom. The van der Waals surface area contributed by atoms with Gasteiger partial charge >= 0.3 is 0 Å². The van der Waals surface area contributed by atoms with Crippen LogP contribution in [0.2, 0.25) is 0 Å². The van der Waals surface area contributed by atoms with Crippen LogP contribution in [0.25, 0.3) is 0 Å². The molecule has 0 spiro atoms. The largest absolute Gasteiger partial charge is 0.493 e. The molecule has 2 rings (SSSR count). The van der Waals surface area contributed by atoms with Crippen LogP contribution in [0.4, 0.5) is 0 Å². The van der Waals surface area contributed by atoms with Gasteiger partial charge in [0.05, 0.1) is 13.0 Å². The standard InChI is InChI=1S/C21H27BrN2O2/c1-3-24(4-2)16-18-10-8-17(9-11-18)15-23-21(25)12-13-26-20-7-5-6-19(22)14-20/h5-11,14H,3-4,12-13,15-16H2,1-2H3,(H,23,25). The van der Waals surface area contributed by atoms with Gasteiger partial charge in [-0.25, -0.2) is 0 Å². The van der Waals surface area contributed by atoms with E-state index in [0.29, 0.717) is 19.6 Å². The molecule has 26 heavy (non-hydrogen) atoms. The van der Waals surface area contributed by atoms with E-state index in [1.54, 1.807) is 0 Å². The Bertz CT molecular complexity index is 685. The predicted octanol–water partition coefficient (Wildman–Crippen LogP) is 4.38. The highest BCUT2D eigenvalue weighted by molar-refractivity contribution is 9.10. The van der Waals surface area contributed by atoms with Crippen molar-refractivity contribution in [1.82, 2.24) is 10.2 Å². The second-order valence-electron chi connectivity index (χ2n) is 6.11. The summed E-state index contributed by atoms with van der Waals surface area (Å²) in [4.78, 5) is 14.3. The Hall–Kier alpha value is -1.85. The van der Waals surface area contributed by atoms with Gasteiger partial charge in [-0.3, -0.25) is 9.69 Å². The van der Waals surface area contributed by atoms with Gasteiger partial charge in [-0.1, -0.05) is 60.1 Å². The van der Waals surface area contributed by atoms with E-state index in [2.05, 4.69) is 64.3 Å². The molecular formula is C21H27BrN2O2. The van der Waals surface area contributed by atoms with Gasteiger partial charge in [-0.2, -0.15) is 0 Å². The number of ether oxygens (including phenoxy) is 1. The molecule has 0 bridgehead atoms. The van der Waals surface area contributed by atoms with E-state index in [0.717, 1.165) is 35.4 Å². The zero-order chi connectivity index (χ0) is 18.8. The van der Waals surface area contributed by atoms with Crippen molar-refractivity contribution in [3.63, 3.8) is 0 Å². The first-order valence-electron chi connectivity index (χ1n) is 9.06. The van der Waals surface area contributed by atoms with Gasteiger partial charge in [0.1, 0.15) is 5.75 Å². The van der Waals surface area contributed by atoms with Crippen LogP contribution < -0.4 is 10.1 Å². The molecule has 0 heterocycles. The first kappa shape index (κ1) is 20.5. The van der Waals surface area contributed by atoms with Gasteiger partial charge in [-0.05, 0) is 42.4 Å². The molecule has 0 atom stereocenters. The molecule has 0 radical (unpaired) electrons. The van der Waals surface area contributed by atoms with Crippen molar-refractivity contribution in [2.45, 2.75) is 33.4 Å². The van der Waals surface area contributed by atoms with Crippen molar-refractivity contribution in [2.75, 3.05) is 19.7 Å². The number of carbonyl (C=O) groups excluding carboxylic acids is 1. The molecule has 0 aliphatic rings. The molecule has 2 aromatic carbocycles. The summed E-state index contributed by atoms with van der Waals surface area (Å²) in [7, 11) is 0. The Labute approximate surface area is 164 Å². The zero-order valence-corrected chi connectivity index (χ0v) is 17.1. The van der Waals surface area contributed by atoms with E-state index in [1.807, 2.05) is 24.3 Å². The number of benzene rings is 2. The minimum absolute atomic E-state index is 0.00721. The number of hydrogen-bond acceptors (Lipinski definition) is 3. The molecular weight excluding hydrogens is 392 g/mol. The summed E-state index contributed by atoms with van der Waals surface area (Å²) in [5.74, 6) is 0.753. The highest BCUT2D eigenvalue weighted by atomic mass is 79.9. The zero-order valence-electron chi connectivity index (χ0n) is 15.5. The number of hydrogen-bond donors (Lipinski definition) is 1. The van der Waals surface area contributed by atoms with Gasteiger partial charge in [0.2, 0.25) is 5.91 Å². The number of amides is 1. The van der Waals surface area contributed by atoms with Gasteiger partial charge in [-0.15, -0.1) is 0 Å². The van der Waals surface area contributed by atoms with Crippen molar-refractivity contribution in [1.29, 1.82) is 0 Å². The summed E-state index contributed by atoms with van der Waals surface area (Å²) in [6, 6.07) is 16.0. The molecule has 140 valence electrons. The number of halogens is 1. The number of nitrogens with one attached hydrogen (secondary N) is 1. The first-order chi connectivity index (χ1) is 12.6. The summed E-state index contributed by atoms with van der Waals surface area (Å²) >= 11 is 3.40. The van der Waals surface area contributed by atoms with Crippen LogP contribution in [0, 0.1) is 0 Å². The SMILES string of the molecule is CCN(CC)Cc1ccc(CNC(=O)CCOc2cccc(Br)c2)cc1. The van der Waals surface area contributed by atoms with E-state index < -0.39 is 0 Å². The molecule has 0 unspecified atom stereocenters. The highest BCUT2D eigenvalue weighted by Crippen LogP contribution is 2.17. The third-order valence-corrected chi connectivity index (χ3v) is 4.70. The van der Waals surface area contributed by atoms with Crippen molar-refractivity contribution in [3.05, 3.63) is 64.1 Å². The van der Waals surface area contributed by atoms with Crippen LogP contribution in [-0.4, -0.2) is 30.5 Å². The summed E-state index contributed by atoms with van der Waals surface area (Å²) < 4.78 is 6.55. The third-order valence-electron chi connectivity index (χ3n) is 4.21. The van der Waals surface area contributed by atoms with E-state index in [-0.39, 0.29) is 5.91 Å². The van der Waals surface area contributed by atoms with Crippen molar-refractivity contribution in [3.8, 4) is 5.75 Å². The monoisotopic (exact) mass is 418 g/mol. The lowest BCUT2D eigenvalue weighted by atomic mass is 10.1. The molecule has 0 aromatic heterocycles. The number of rotatable bonds is 10. The second-order valence-corrected chi connectivity index (χ2v) is 7.03. The van der Waals surface area contributed by atoms with Crippen molar-refractivity contribution < 1.29 is 9.53 Å². The highest BCUT2D eigenvalue weighted by Gasteiger charge is 2.04. The van der Waals surface area contributed by atoms with Crippen LogP contribution in [-0.2, 0) is 17.9 Å². The molecule has 1 N–H and O–H groups in total. The maximum atomic E-state index is 12.0. The lowest BCUT2D eigenvalue weighted by molar-refractivity contribution is -0.121. The molecule has 5 heteroatoms. The van der Waals surface area contributed by atoms with Crippen molar-refractivity contribution >= 4 is 21.8 Å². The Kier molecular flexibility index (Phi) is 8.65. The van der Waals surface area contributed by atoms with Gasteiger partial charge in [0.25, 0.3) is 0 Å². The smallest absolute Gasteiger partial charge is 0.223 e. The average molecular weight is 419 g/mol. The average Bonchev–Trinajstić information content (AvgIpc) is 2.65. The fourth-order valence-electron chi connectivity index (χ4n) is 2.58. The van der Waals surface area contributed by atoms with Crippen LogP contribution in [0.1, 0.15) is 31.4 Å². The predicted molar refractivity (Wildman–Crippen MR) is 109 cm³/mol. The van der Waals surface area contributed by atoms with Crippen LogP contribution in [0.15, 0.2) is 53.0 Å². The lowest BCUT2D eigenvalue weighted by Crippen LogP contribution is -2.24. The topological polar surface area (TPSA) is 41.6 Å². The second kappa shape index (κ2) is 11.0.